The number of nitrogens with zero attached hydrogens (tertiary/aromatic N) is 1. The summed E-state index contributed by atoms with van der Waals surface area (Å²) in [5, 5.41) is 6.62. The molecule has 0 bridgehead atoms. The lowest BCUT2D eigenvalue weighted by Crippen LogP contribution is -2.34. The maximum atomic E-state index is 12.7. The van der Waals surface area contributed by atoms with Gasteiger partial charge in [0.1, 0.15) is 6.04 Å². The summed E-state index contributed by atoms with van der Waals surface area (Å²) in [5.74, 6) is -0.492. The number of imide groups is 1. The predicted octanol–water partition coefficient (Wildman–Crippen LogP) is 4.11. The van der Waals surface area contributed by atoms with Gasteiger partial charge < -0.3 is 10.6 Å². The average Bonchev–Trinajstić information content (AvgIpc) is 3.01. The number of carbonyl (C=O) groups is 3. The van der Waals surface area contributed by atoms with Gasteiger partial charge in [-0.2, -0.15) is 0 Å². The fraction of sp³-hybridized carbons (Fsp3) is 0.318. The van der Waals surface area contributed by atoms with Crippen LogP contribution in [0.2, 0.25) is 10.0 Å². The van der Waals surface area contributed by atoms with Gasteiger partial charge in [-0.15, -0.1) is 0 Å². The summed E-state index contributed by atoms with van der Waals surface area (Å²) < 4.78 is 0. The van der Waals surface area contributed by atoms with Crippen LogP contribution >= 0.6 is 23.2 Å². The summed E-state index contributed by atoms with van der Waals surface area (Å²) in [6.07, 6.45) is 0.956. The zero-order valence-electron chi connectivity index (χ0n) is 16.5. The molecule has 0 unspecified atom stereocenters. The molecule has 8 heteroatoms. The van der Waals surface area contributed by atoms with Crippen LogP contribution in [0.5, 0.6) is 0 Å². The van der Waals surface area contributed by atoms with Crippen LogP contribution in [0.1, 0.15) is 36.9 Å². The van der Waals surface area contributed by atoms with Gasteiger partial charge in [0.25, 0.3) is 5.91 Å². The minimum absolute atomic E-state index is 0.137. The van der Waals surface area contributed by atoms with Crippen molar-refractivity contribution in [1.82, 2.24) is 15.5 Å². The molecular formula is C22H23Cl2N3O3. The number of benzene rings is 2. The molecule has 2 atom stereocenters. The number of carbonyl (C=O) groups excluding carboxylic acids is 3. The first-order valence-electron chi connectivity index (χ1n) is 9.76. The fourth-order valence-electron chi connectivity index (χ4n) is 3.42. The smallest absolute Gasteiger partial charge is 0.325 e. The Bertz CT molecular complexity index is 936. The van der Waals surface area contributed by atoms with Crippen molar-refractivity contribution in [2.45, 2.75) is 38.3 Å². The average molecular weight is 448 g/mol. The van der Waals surface area contributed by atoms with E-state index in [1.54, 1.807) is 12.1 Å². The molecule has 1 saturated heterocycles. The highest BCUT2D eigenvalue weighted by molar-refractivity contribution is 6.35. The molecule has 0 aliphatic carbocycles. The lowest BCUT2D eigenvalue weighted by Gasteiger charge is -2.21. The monoisotopic (exact) mass is 447 g/mol. The van der Waals surface area contributed by atoms with E-state index in [2.05, 4.69) is 10.6 Å². The molecule has 30 heavy (non-hydrogen) atoms. The van der Waals surface area contributed by atoms with Gasteiger partial charge in [0, 0.05) is 23.0 Å². The van der Waals surface area contributed by atoms with E-state index >= 15 is 0 Å². The van der Waals surface area contributed by atoms with Gasteiger partial charge >= 0.3 is 6.03 Å². The van der Waals surface area contributed by atoms with E-state index in [-0.39, 0.29) is 30.7 Å². The molecule has 2 N–H and O–H groups in total. The second kappa shape index (κ2) is 9.96. The van der Waals surface area contributed by atoms with Crippen molar-refractivity contribution in [3.63, 3.8) is 0 Å². The Morgan fingerprint density at radius 1 is 1.17 bits per heavy atom. The minimum Gasteiger partial charge on any atom is -0.356 e. The van der Waals surface area contributed by atoms with Gasteiger partial charge in [0.15, 0.2) is 0 Å². The molecule has 0 radical (unpaired) electrons. The molecule has 1 heterocycles. The summed E-state index contributed by atoms with van der Waals surface area (Å²) in [6.45, 7) is 2.23. The zero-order valence-corrected chi connectivity index (χ0v) is 18.0. The van der Waals surface area contributed by atoms with Gasteiger partial charge in [-0.25, -0.2) is 4.79 Å². The Morgan fingerprint density at radius 2 is 1.90 bits per heavy atom. The van der Waals surface area contributed by atoms with Crippen molar-refractivity contribution in [3.8, 4) is 0 Å². The van der Waals surface area contributed by atoms with Crippen molar-refractivity contribution in [2.75, 3.05) is 6.54 Å². The lowest BCUT2D eigenvalue weighted by molar-refractivity contribution is -0.129. The van der Waals surface area contributed by atoms with E-state index in [0.717, 1.165) is 11.1 Å². The van der Waals surface area contributed by atoms with E-state index in [4.69, 9.17) is 23.2 Å². The molecule has 1 aliphatic heterocycles. The topological polar surface area (TPSA) is 78.5 Å². The molecule has 0 aromatic heterocycles. The molecule has 2 aromatic rings. The summed E-state index contributed by atoms with van der Waals surface area (Å²) in [6, 6.07) is 13.1. The number of amides is 4. The third-order valence-electron chi connectivity index (χ3n) is 5.11. The van der Waals surface area contributed by atoms with E-state index in [9.17, 15) is 14.4 Å². The number of nitrogens with one attached hydrogen (secondary N) is 2. The van der Waals surface area contributed by atoms with Crippen LogP contribution < -0.4 is 10.6 Å². The Labute approximate surface area is 185 Å². The van der Waals surface area contributed by atoms with Crippen LogP contribution in [-0.4, -0.2) is 35.3 Å². The normalized spacial score (nSPS) is 17.0. The van der Waals surface area contributed by atoms with E-state index in [1.807, 2.05) is 43.3 Å². The minimum atomic E-state index is -0.694. The summed E-state index contributed by atoms with van der Waals surface area (Å²) in [5.41, 5.74) is 1.77. The van der Waals surface area contributed by atoms with Crippen LogP contribution in [0.3, 0.4) is 0 Å². The summed E-state index contributed by atoms with van der Waals surface area (Å²) in [7, 11) is 0. The van der Waals surface area contributed by atoms with E-state index in [1.165, 1.54) is 4.90 Å². The van der Waals surface area contributed by atoms with Gasteiger partial charge in [-0.1, -0.05) is 59.6 Å². The van der Waals surface area contributed by atoms with Crippen LogP contribution in [0.25, 0.3) is 0 Å². The van der Waals surface area contributed by atoms with Gasteiger partial charge in [-0.3, -0.25) is 14.5 Å². The van der Waals surface area contributed by atoms with Crippen molar-refractivity contribution < 1.29 is 14.4 Å². The maximum Gasteiger partial charge on any atom is 0.325 e. The molecule has 6 nitrogen and oxygen atoms in total. The largest absolute Gasteiger partial charge is 0.356 e. The Kier molecular flexibility index (Phi) is 7.34. The molecule has 1 aliphatic rings. The Hall–Kier alpha value is -2.57. The highest BCUT2D eigenvalue weighted by Gasteiger charge is 2.40. The number of halogens is 2. The van der Waals surface area contributed by atoms with Crippen molar-refractivity contribution in [2.24, 2.45) is 0 Å². The summed E-state index contributed by atoms with van der Waals surface area (Å²) in [4.78, 5) is 38.4. The van der Waals surface area contributed by atoms with Crippen molar-refractivity contribution >= 4 is 41.0 Å². The van der Waals surface area contributed by atoms with Crippen LogP contribution in [0, 0.1) is 0 Å². The third-order valence-corrected chi connectivity index (χ3v) is 5.70. The van der Waals surface area contributed by atoms with Gasteiger partial charge in [-0.05, 0) is 43.0 Å². The number of rotatable bonds is 8. The molecule has 0 spiro atoms. The maximum absolute atomic E-state index is 12.7. The third kappa shape index (κ3) is 5.32. The molecular weight excluding hydrogens is 425 g/mol. The quantitative estimate of drug-likeness (QED) is 0.597. The first-order chi connectivity index (χ1) is 14.4. The first kappa shape index (κ1) is 22.1. The second-order valence-corrected chi connectivity index (χ2v) is 8.01. The molecule has 1 fully saturated rings. The van der Waals surface area contributed by atoms with E-state index in [0.29, 0.717) is 23.0 Å². The highest BCUT2D eigenvalue weighted by Crippen LogP contribution is 2.25. The van der Waals surface area contributed by atoms with Crippen LogP contribution in [0.15, 0.2) is 48.5 Å². The van der Waals surface area contributed by atoms with E-state index < -0.39 is 12.1 Å². The first-order valence-corrected chi connectivity index (χ1v) is 10.5. The van der Waals surface area contributed by atoms with Gasteiger partial charge in [0.05, 0.1) is 6.04 Å². The zero-order chi connectivity index (χ0) is 21.7. The molecule has 4 amide bonds. The SMILES string of the molecule is C[C@H](c1ccccc1)N1C(=O)N[C@@H](CCC(=O)NCCc2ccc(Cl)cc2Cl)C1=O. The molecule has 2 aromatic carbocycles. The Morgan fingerprint density at radius 3 is 2.60 bits per heavy atom. The fourth-order valence-corrected chi connectivity index (χ4v) is 3.92. The lowest BCUT2D eigenvalue weighted by atomic mass is 10.1. The molecule has 0 saturated carbocycles. The molecule has 158 valence electrons. The van der Waals surface area contributed by atoms with Crippen LogP contribution in [0.4, 0.5) is 4.79 Å². The summed E-state index contributed by atoms with van der Waals surface area (Å²) >= 11 is 12.0. The second-order valence-electron chi connectivity index (χ2n) is 7.17. The Balaban J connectivity index is 1.47. The standard InChI is InChI=1S/C22H23Cl2N3O3/c1-14(15-5-3-2-4-6-15)27-21(29)19(26-22(27)30)9-10-20(28)25-12-11-16-7-8-17(23)13-18(16)24/h2-8,13-14,19H,9-12H2,1H3,(H,25,28)(H,26,30)/t14-,19+/m1/s1. The van der Waals surface area contributed by atoms with Crippen molar-refractivity contribution in [1.29, 1.82) is 0 Å². The number of urea groups is 1. The van der Waals surface area contributed by atoms with Crippen molar-refractivity contribution in [3.05, 3.63) is 69.7 Å². The highest BCUT2D eigenvalue weighted by atomic mass is 35.5. The molecule has 3 rings (SSSR count). The predicted molar refractivity (Wildman–Crippen MR) is 116 cm³/mol. The van der Waals surface area contributed by atoms with Crippen LogP contribution in [-0.2, 0) is 16.0 Å². The number of hydrogen-bond donors (Lipinski definition) is 2. The van der Waals surface area contributed by atoms with Gasteiger partial charge in [0.2, 0.25) is 5.91 Å². The number of hydrogen-bond acceptors (Lipinski definition) is 3.